The number of aryl methyl sites for hydroxylation is 1. The number of amides is 1. The minimum Gasteiger partial charge on any atom is -0.490 e. The number of ether oxygens (including phenoxy) is 1. The van der Waals surface area contributed by atoms with Gasteiger partial charge in [0, 0.05) is 26.1 Å². The van der Waals surface area contributed by atoms with Gasteiger partial charge in [-0.05, 0) is 25.7 Å². The number of pyridine rings is 1. The number of nitrogens with zero attached hydrogens (tertiary/aromatic N) is 5. The Morgan fingerprint density at radius 1 is 1.40 bits per heavy atom. The fourth-order valence-electron chi connectivity index (χ4n) is 2.79. The highest BCUT2D eigenvalue weighted by atomic mass is 16.5. The third-order valence-corrected chi connectivity index (χ3v) is 4.34. The first-order valence-corrected chi connectivity index (χ1v) is 8.55. The molecule has 8 heteroatoms. The van der Waals surface area contributed by atoms with Gasteiger partial charge in [-0.1, -0.05) is 5.21 Å². The molecule has 1 aliphatic heterocycles. The number of aliphatic hydroxyl groups excluding tert-OH is 1. The van der Waals surface area contributed by atoms with Crippen molar-refractivity contribution in [3.05, 3.63) is 30.4 Å². The number of likely N-dealkylation sites (tertiary alicyclic amines) is 1. The van der Waals surface area contributed by atoms with Crippen LogP contribution in [0, 0.1) is 0 Å². The molecule has 0 aliphatic carbocycles. The predicted molar refractivity (Wildman–Crippen MR) is 90.5 cm³/mol. The van der Waals surface area contributed by atoms with Gasteiger partial charge in [-0.3, -0.25) is 9.78 Å². The van der Waals surface area contributed by atoms with Crippen LogP contribution in [0.4, 0.5) is 0 Å². The molecule has 1 fully saturated rings. The first kappa shape index (κ1) is 17.3. The van der Waals surface area contributed by atoms with Crippen LogP contribution in [0.3, 0.4) is 0 Å². The molecule has 1 saturated heterocycles. The van der Waals surface area contributed by atoms with Crippen molar-refractivity contribution >= 4 is 5.91 Å². The summed E-state index contributed by atoms with van der Waals surface area (Å²) in [4.78, 5) is 17.4. The molecule has 1 aliphatic rings. The lowest BCUT2D eigenvalue weighted by atomic mass is 10.0. The van der Waals surface area contributed by atoms with Gasteiger partial charge in [-0.25, -0.2) is 4.68 Å². The highest BCUT2D eigenvalue weighted by molar-refractivity contribution is 5.74. The summed E-state index contributed by atoms with van der Waals surface area (Å²) in [7, 11) is 0. The molecular weight excluding hydrogens is 322 g/mol. The Morgan fingerprint density at radius 3 is 3.00 bits per heavy atom. The molecule has 0 aromatic carbocycles. The van der Waals surface area contributed by atoms with Gasteiger partial charge >= 0.3 is 0 Å². The van der Waals surface area contributed by atoms with Crippen LogP contribution in [0.25, 0.3) is 5.69 Å². The van der Waals surface area contributed by atoms with Crippen molar-refractivity contribution in [2.75, 3.05) is 19.8 Å². The van der Waals surface area contributed by atoms with Gasteiger partial charge in [-0.15, -0.1) is 5.10 Å². The standard InChI is InChI=1S/C17H23N5O3/c1-13(24)21-6-5-15(21)12-25-17-8-16(9-18-10-17)22-11-14(19-20-22)4-2-3-7-23/h8-11,15,23H,2-7,12H2,1H3/t15-/m0/s1. The van der Waals surface area contributed by atoms with Crippen molar-refractivity contribution in [3.8, 4) is 11.4 Å². The average molecular weight is 345 g/mol. The van der Waals surface area contributed by atoms with Gasteiger partial charge in [0.2, 0.25) is 5.91 Å². The Kier molecular flexibility index (Phi) is 5.60. The number of hydrogen-bond donors (Lipinski definition) is 1. The van der Waals surface area contributed by atoms with Crippen molar-refractivity contribution < 1.29 is 14.6 Å². The Hall–Kier alpha value is -2.48. The van der Waals surface area contributed by atoms with E-state index in [4.69, 9.17) is 9.84 Å². The molecule has 0 unspecified atom stereocenters. The zero-order chi connectivity index (χ0) is 17.6. The van der Waals surface area contributed by atoms with Crippen molar-refractivity contribution in [3.63, 3.8) is 0 Å². The number of rotatable bonds is 8. The van der Waals surface area contributed by atoms with Gasteiger partial charge < -0.3 is 14.7 Å². The summed E-state index contributed by atoms with van der Waals surface area (Å²) in [5.74, 6) is 0.730. The lowest BCUT2D eigenvalue weighted by Crippen LogP contribution is -2.53. The fraction of sp³-hybridized carbons (Fsp3) is 0.529. The lowest BCUT2D eigenvalue weighted by Gasteiger charge is -2.39. The minimum absolute atomic E-state index is 0.0862. The van der Waals surface area contributed by atoms with Gasteiger partial charge in [0.05, 0.1) is 36.0 Å². The Labute approximate surface area is 146 Å². The van der Waals surface area contributed by atoms with Crippen LogP contribution >= 0.6 is 0 Å². The molecule has 0 bridgehead atoms. The topological polar surface area (TPSA) is 93.4 Å². The molecule has 0 radical (unpaired) electrons. The second kappa shape index (κ2) is 8.06. The molecule has 0 saturated carbocycles. The van der Waals surface area contributed by atoms with E-state index in [2.05, 4.69) is 15.3 Å². The normalized spacial score (nSPS) is 16.6. The van der Waals surface area contributed by atoms with E-state index in [1.165, 1.54) is 0 Å². The molecule has 8 nitrogen and oxygen atoms in total. The molecule has 3 heterocycles. The molecule has 1 amide bonds. The van der Waals surface area contributed by atoms with Crippen LogP contribution in [-0.4, -0.2) is 61.7 Å². The molecule has 2 aromatic rings. The van der Waals surface area contributed by atoms with E-state index in [-0.39, 0.29) is 18.6 Å². The lowest BCUT2D eigenvalue weighted by molar-refractivity contribution is -0.137. The molecule has 25 heavy (non-hydrogen) atoms. The van der Waals surface area contributed by atoms with Gasteiger partial charge in [0.1, 0.15) is 12.4 Å². The van der Waals surface area contributed by atoms with Crippen LogP contribution in [0.5, 0.6) is 5.75 Å². The number of carbonyl (C=O) groups is 1. The average Bonchev–Trinajstić information content (AvgIpc) is 3.03. The number of carbonyl (C=O) groups excluding carboxylic acids is 1. The second-order valence-corrected chi connectivity index (χ2v) is 6.18. The van der Waals surface area contributed by atoms with Crippen molar-refractivity contribution in [2.24, 2.45) is 0 Å². The van der Waals surface area contributed by atoms with Gasteiger partial charge in [-0.2, -0.15) is 0 Å². The molecule has 1 atom stereocenters. The predicted octanol–water partition coefficient (Wildman–Crippen LogP) is 0.977. The number of unbranched alkanes of at least 4 members (excludes halogenated alkanes) is 1. The maximum absolute atomic E-state index is 11.4. The van der Waals surface area contributed by atoms with E-state index in [0.717, 1.165) is 43.6 Å². The van der Waals surface area contributed by atoms with Crippen molar-refractivity contribution in [1.29, 1.82) is 0 Å². The van der Waals surface area contributed by atoms with Crippen LogP contribution in [0.15, 0.2) is 24.7 Å². The number of aliphatic hydroxyl groups is 1. The summed E-state index contributed by atoms with van der Waals surface area (Å²) in [5.41, 5.74) is 1.65. The molecule has 2 aromatic heterocycles. The highest BCUT2D eigenvalue weighted by Gasteiger charge is 2.30. The maximum Gasteiger partial charge on any atom is 0.219 e. The zero-order valence-electron chi connectivity index (χ0n) is 14.3. The Bertz CT molecular complexity index is 718. The SMILES string of the molecule is CC(=O)N1CC[C@H]1COc1cncc(-n2cc(CCCCO)nn2)c1. The summed E-state index contributed by atoms with van der Waals surface area (Å²) < 4.78 is 7.46. The summed E-state index contributed by atoms with van der Waals surface area (Å²) in [5, 5.41) is 17.1. The molecule has 1 N–H and O–H groups in total. The maximum atomic E-state index is 11.4. The monoisotopic (exact) mass is 345 g/mol. The first-order valence-electron chi connectivity index (χ1n) is 8.55. The fourth-order valence-corrected chi connectivity index (χ4v) is 2.79. The summed E-state index contributed by atoms with van der Waals surface area (Å²) in [6.07, 6.45) is 8.60. The summed E-state index contributed by atoms with van der Waals surface area (Å²) in [6, 6.07) is 2.00. The summed E-state index contributed by atoms with van der Waals surface area (Å²) in [6.45, 7) is 3.05. The van der Waals surface area contributed by atoms with Crippen LogP contribution < -0.4 is 4.74 Å². The Morgan fingerprint density at radius 2 is 2.28 bits per heavy atom. The number of aromatic nitrogens is 4. The van der Waals surface area contributed by atoms with E-state index in [9.17, 15) is 4.79 Å². The molecule has 0 spiro atoms. The van der Waals surface area contributed by atoms with Crippen LogP contribution in [0.1, 0.15) is 31.9 Å². The quantitative estimate of drug-likeness (QED) is 0.717. The molecular formula is C17H23N5O3. The molecule has 134 valence electrons. The van der Waals surface area contributed by atoms with E-state index >= 15 is 0 Å². The van der Waals surface area contributed by atoms with Crippen LogP contribution in [0.2, 0.25) is 0 Å². The van der Waals surface area contributed by atoms with Gasteiger partial charge in [0.25, 0.3) is 0 Å². The highest BCUT2D eigenvalue weighted by Crippen LogP contribution is 2.20. The second-order valence-electron chi connectivity index (χ2n) is 6.18. The van der Waals surface area contributed by atoms with E-state index in [1.54, 1.807) is 24.0 Å². The van der Waals surface area contributed by atoms with E-state index in [1.807, 2.05) is 17.2 Å². The molecule has 3 rings (SSSR count). The van der Waals surface area contributed by atoms with E-state index in [0.29, 0.717) is 12.4 Å². The third kappa shape index (κ3) is 4.33. The Balaban J connectivity index is 1.59. The zero-order valence-corrected chi connectivity index (χ0v) is 14.3. The smallest absolute Gasteiger partial charge is 0.219 e. The van der Waals surface area contributed by atoms with Crippen molar-refractivity contribution in [1.82, 2.24) is 24.9 Å². The minimum atomic E-state index is 0.0862. The third-order valence-electron chi connectivity index (χ3n) is 4.34. The van der Waals surface area contributed by atoms with E-state index < -0.39 is 0 Å². The first-order chi connectivity index (χ1) is 12.2. The largest absolute Gasteiger partial charge is 0.490 e. The van der Waals surface area contributed by atoms with Crippen LogP contribution in [-0.2, 0) is 11.2 Å². The van der Waals surface area contributed by atoms with Crippen molar-refractivity contribution in [2.45, 2.75) is 38.6 Å². The summed E-state index contributed by atoms with van der Waals surface area (Å²) >= 11 is 0. The number of hydrogen-bond acceptors (Lipinski definition) is 6. The van der Waals surface area contributed by atoms with Gasteiger partial charge in [0.15, 0.2) is 0 Å².